The molecule has 0 spiro atoms. The van der Waals surface area contributed by atoms with E-state index in [9.17, 15) is 14.4 Å². The molecule has 0 bridgehead atoms. The van der Waals surface area contributed by atoms with Gasteiger partial charge in [-0.05, 0) is 25.1 Å². The van der Waals surface area contributed by atoms with E-state index in [0.717, 1.165) is 10.2 Å². The van der Waals surface area contributed by atoms with Gasteiger partial charge in [0.2, 0.25) is 5.91 Å². The number of nitrogens with one attached hydrogen (secondary N) is 1. The molecule has 0 radical (unpaired) electrons. The van der Waals surface area contributed by atoms with Crippen LogP contribution in [0.1, 0.15) is 13.0 Å². The van der Waals surface area contributed by atoms with E-state index in [-0.39, 0.29) is 18.6 Å². The predicted octanol–water partition coefficient (Wildman–Crippen LogP) is 2.10. The molecule has 1 atom stereocenters. The van der Waals surface area contributed by atoms with Crippen LogP contribution in [0.3, 0.4) is 0 Å². The summed E-state index contributed by atoms with van der Waals surface area (Å²) in [6, 6.07) is 16.3. The molecule has 1 amide bonds. The number of nitrogens with zero attached hydrogens (tertiary/aromatic N) is 4. The Morgan fingerprint density at radius 3 is 2.56 bits per heavy atom. The van der Waals surface area contributed by atoms with E-state index >= 15 is 0 Å². The fourth-order valence-corrected chi connectivity index (χ4v) is 3.18. The van der Waals surface area contributed by atoms with Crippen molar-refractivity contribution in [2.75, 3.05) is 6.54 Å². The third-order valence-electron chi connectivity index (χ3n) is 4.95. The molecule has 0 aliphatic rings. The molecule has 1 N–H and O–H groups in total. The Bertz CT molecular complexity index is 1330. The third-order valence-corrected chi connectivity index (χ3v) is 4.95. The molecule has 0 saturated carbocycles. The van der Waals surface area contributed by atoms with Crippen LogP contribution in [0, 0.1) is 0 Å². The van der Waals surface area contributed by atoms with Crippen molar-refractivity contribution in [3.05, 3.63) is 94.0 Å². The molecule has 32 heavy (non-hydrogen) atoms. The summed E-state index contributed by atoms with van der Waals surface area (Å²) in [6.07, 6.45) is 2.96. The first-order chi connectivity index (χ1) is 15.5. The number of aromatic nitrogens is 4. The molecule has 1 aromatic carbocycles. The molecule has 162 valence electrons. The van der Waals surface area contributed by atoms with Gasteiger partial charge in [0.25, 0.3) is 11.1 Å². The minimum absolute atomic E-state index is 0.196. The smallest absolute Gasteiger partial charge is 0.267 e. The van der Waals surface area contributed by atoms with Crippen molar-refractivity contribution in [3.63, 3.8) is 0 Å². The molecule has 0 fully saturated rings. The lowest BCUT2D eigenvalue weighted by Crippen LogP contribution is -2.38. The van der Waals surface area contributed by atoms with Gasteiger partial charge in [-0.3, -0.25) is 19.0 Å². The summed E-state index contributed by atoms with van der Waals surface area (Å²) < 4.78 is 7.82. The van der Waals surface area contributed by atoms with Gasteiger partial charge in [0.1, 0.15) is 11.7 Å². The van der Waals surface area contributed by atoms with Crippen LogP contribution < -0.4 is 16.4 Å². The molecule has 0 aliphatic heterocycles. The highest BCUT2D eigenvalue weighted by molar-refractivity contribution is 5.79. The summed E-state index contributed by atoms with van der Waals surface area (Å²) in [7, 11) is 0. The van der Waals surface area contributed by atoms with Crippen molar-refractivity contribution in [1.29, 1.82) is 0 Å². The Labute approximate surface area is 183 Å². The van der Waals surface area contributed by atoms with Gasteiger partial charge < -0.3 is 9.73 Å². The maximum atomic E-state index is 12.6. The third kappa shape index (κ3) is 4.56. The quantitative estimate of drug-likeness (QED) is 0.480. The van der Waals surface area contributed by atoms with Crippen molar-refractivity contribution < 1.29 is 9.21 Å². The Balaban J connectivity index is 1.40. The second kappa shape index (κ2) is 9.25. The number of rotatable bonds is 7. The van der Waals surface area contributed by atoms with Crippen LogP contribution >= 0.6 is 0 Å². The van der Waals surface area contributed by atoms with Gasteiger partial charge in [0, 0.05) is 30.8 Å². The SMILES string of the molecule is CC(C(=O)NCCn1cnc(-c2ccccc2)cc1=O)n1nc(-c2ccco2)ccc1=O. The van der Waals surface area contributed by atoms with Gasteiger partial charge in [0.15, 0.2) is 5.76 Å². The summed E-state index contributed by atoms with van der Waals surface area (Å²) in [5, 5.41) is 6.97. The second-order valence-electron chi connectivity index (χ2n) is 7.12. The topological polar surface area (TPSA) is 112 Å². The van der Waals surface area contributed by atoms with Crippen LogP contribution in [0.2, 0.25) is 0 Å². The van der Waals surface area contributed by atoms with E-state index in [1.54, 1.807) is 25.1 Å². The largest absolute Gasteiger partial charge is 0.463 e. The van der Waals surface area contributed by atoms with Crippen molar-refractivity contribution in [2.24, 2.45) is 0 Å². The van der Waals surface area contributed by atoms with Crippen molar-refractivity contribution in [2.45, 2.75) is 19.5 Å². The van der Waals surface area contributed by atoms with Crippen LogP contribution in [0.15, 0.2) is 87.3 Å². The van der Waals surface area contributed by atoms with Gasteiger partial charge in [0.05, 0.1) is 18.3 Å². The van der Waals surface area contributed by atoms with E-state index in [1.165, 1.54) is 29.3 Å². The fourth-order valence-electron chi connectivity index (χ4n) is 3.18. The van der Waals surface area contributed by atoms with Crippen LogP contribution in [0.25, 0.3) is 22.7 Å². The first-order valence-corrected chi connectivity index (χ1v) is 10.1. The highest BCUT2D eigenvalue weighted by Crippen LogP contribution is 2.16. The van der Waals surface area contributed by atoms with E-state index < -0.39 is 17.5 Å². The van der Waals surface area contributed by atoms with Crippen molar-refractivity contribution in [1.82, 2.24) is 24.6 Å². The molecule has 9 heteroatoms. The minimum atomic E-state index is -0.840. The molecular formula is C23H21N5O4. The summed E-state index contributed by atoms with van der Waals surface area (Å²) >= 11 is 0. The standard InChI is InChI=1S/C23H21N5O4/c1-16(28-21(29)10-9-18(26-28)20-8-5-13-32-20)23(31)24-11-12-27-15-25-19(14-22(27)30)17-6-3-2-4-7-17/h2-10,13-16H,11-12H2,1H3,(H,24,31). The lowest BCUT2D eigenvalue weighted by atomic mass is 10.1. The van der Waals surface area contributed by atoms with Crippen LogP contribution in [-0.2, 0) is 11.3 Å². The minimum Gasteiger partial charge on any atom is -0.463 e. The predicted molar refractivity (Wildman–Crippen MR) is 118 cm³/mol. The average Bonchev–Trinajstić information content (AvgIpc) is 3.35. The summed E-state index contributed by atoms with van der Waals surface area (Å²) in [6.45, 7) is 2.02. The zero-order valence-electron chi connectivity index (χ0n) is 17.3. The molecular weight excluding hydrogens is 410 g/mol. The van der Waals surface area contributed by atoms with Gasteiger partial charge in [-0.1, -0.05) is 30.3 Å². The average molecular weight is 431 g/mol. The number of carbonyl (C=O) groups excluding carboxylic acids is 1. The Morgan fingerprint density at radius 2 is 1.84 bits per heavy atom. The molecule has 3 heterocycles. The van der Waals surface area contributed by atoms with Crippen LogP contribution in [0.4, 0.5) is 0 Å². The van der Waals surface area contributed by atoms with Gasteiger partial charge in [-0.25, -0.2) is 9.67 Å². The molecule has 9 nitrogen and oxygen atoms in total. The molecule has 0 saturated heterocycles. The lowest BCUT2D eigenvalue weighted by Gasteiger charge is -2.15. The first-order valence-electron chi connectivity index (χ1n) is 10.1. The first kappa shape index (κ1) is 21.0. The highest BCUT2D eigenvalue weighted by Gasteiger charge is 2.18. The maximum absolute atomic E-state index is 12.6. The summed E-state index contributed by atoms with van der Waals surface area (Å²) in [5.74, 6) is 0.107. The van der Waals surface area contributed by atoms with Crippen molar-refractivity contribution in [3.8, 4) is 22.7 Å². The number of benzene rings is 1. The monoisotopic (exact) mass is 431 g/mol. The summed E-state index contributed by atoms with van der Waals surface area (Å²) in [5.41, 5.74) is 1.27. The fraction of sp³-hybridized carbons (Fsp3) is 0.174. The summed E-state index contributed by atoms with van der Waals surface area (Å²) in [4.78, 5) is 41.5. The van der Waals surface area contributed by atoms with Crippen LogP contribution in [-0.4, -0.2) is 31.8 Å². The lowest BCUT2D eigenvalue weighted by molar-refractivity contribution is -0.124. The number of amides is 1. The Kier molecular flexibility index (Phi) is 6.07. The van der Waals surface area contributed by atoms with Gasteiger partial charge in [-0.15, -0.1) is 0 Å². The van der Waals surface area contributed by atoms with E-state index in [2.05, 4.69) is 15.4 Å². The highest BCUT2D eigenvalue weighted by atomic mass is 16.3. The van der Waals surface area contributed by atoms with Gasteiger partial charge in [-0.2, -0.15) is 5.10 Å². The Hall–Kier alpha value is -4.27. The normalized spacial score (nSPS) is 11.8. The zero-order chi connectivity index (χ0) is 22.5. The Morgan fingerprint density at radius 1 is 1.03 bits per heavy atom. The molecule has 4 aromatic rings. The number of furan rings is 1. The molecule has 4 rings (SSSR count). The maximum Gasteiger partial charge on any atom is 0.267 e. The number of hydrogen-bond donors (Lipinski definition) is 1. The second-order valence-corrected chi connectivity index (χ2v) is 7.12. The van der Waals surface area contributed by atoms with Crippen LogP contribution in [0.5, 0.6) is 0 Å². The zero-order valence-corrected chi connectivity index (χ0v) is 17.3. The molecule has 1 unspecified atom stereocenters. The van der Waals surface area contributed by atoms with E-state index in [4.69, 9.17) is 4.42 Å². The number of carbonyl (C=O) groups is 1. The molecule has 3 aromatic heterocycles. The van der Waals surface area contributed by atoms with E-state index in [0.29, 0.717) is 17.1 Å². The molecule has 0 aliphatic carbocycles. The van der Waals surface area contributed by atoms with E-state index in [1.807, 2.05) is 30.3 Å². The van der Waals surface area contributed by atoms with Gasteiger partial charge >= 0.3 is 0 Å². The van der Waals surface area contributed by atoms with Crippen molar-refractivity contribution >= 4 is 5.91 Å². The number of hydrogen-bond acceptors (Lipinski definition) is 6.